The van der Waals surface area contributed by atoms with Crippen molar-refractivity contribution >= 4 is 5.97 Å². The van der Waals surface area contributed by atoms with Gasteiger partial charge in [-0.05, 0) is 38.0 Å². The fourth-order valence-electron chi connectivity index (χ4n) is 4.87. The van der Waals surface area contributed by atoms with Crippen molar-refractivity contribution in [3.63, 3.8) is 0 Å². The highest BCUT2D eigenvalue weighted by Gasteiger charge is 2.67. The highest BCUT2D eigenvalue weighted by atomic mass is 16.7. The van der Waals surface area contributed by atoms with Crippen LogP contribution in [0, 0.1) is 23.2 Å². The van der Waals surface area contributed by atoms with Crippen molar-refractivity contribution < 1.29 is 19.4 Å². The number of aliphatic carboxylic acids is 1. The molecule has 1 aliphatic heterocycles. The van der Waals surface area contributed by atoms with Crippen LogP contribution in [0.3, 0.4) is 0 Å². The molecule has 4 nitrogen and oxygen atoms in total. The monoisotopic (exact) mass is 236 g/mol. The van der Waals surface area contributed by atoms with Crippen molar-refractivity contribution in [3.05, 3.63) is 12.5 Å². The van der Waals surface area contributed by atoms with E-state index in [1.807, 2.05) is 0 Å². The second-order valence-corrected chi connectivity index (χ2v) is 6.16. The van der Waals surface area contributed by atoms with E-state index in [1.54, 1.807) is 12.5 Å². The predicted octanol–water partition coefficient (Wildman–Crippen LogP) is 2.11. The lowest BCUT2D eigenvalue weighted by Gasteiger charge is -2.60. The van der Waals surface area contributed by atoms with E-state index >= 15 is 0 Å². The van der Waals surface area contributed by atoms with E-state index in [0.29, 0.717) is 5.92 Å². The Hall–Kier alpha value is -1.19. The SMILES string of the molecule is O=C(O)C12CC3CC(C1)C1(OC=CO1)C(C3)C2. The van der Waals surface area contributed by atoms with Gasteiger partial charge in [-0.1, -0.05) is 0 Å². The molecule has 0 saturated heterocycles. The zero-order valence-electron chi connectivity index (χ0n) is 9.59. The van der Waals surface area contributed by atoms with Crippen LogP contribution in [-0.4, -0.2) is 16.9 Å². The van der Waals surface area contributed by atoms with Gasteiger partial charge in [-0.15, -0.1) is 0 Å². The molecule has 2 unspecified atom stereocenters. The van der Waals surface area contributed by atoms with Crippen LogP contribution in [0.5, 0.6) is 0 Å². The summed E-state index contributed by atoms with van der Waals surface area (Å²) in [5.41, 5.74) is -0.489. The van der Waals surface area contributed by atoms with Gasteiger partial charge in [0, 0.05) is 11.8 Å². The molecule has 92 valence electrons. The van der Waals surface area contributed by atoms with Gasteiger partial charge in [0.2, 0.25) is 0 Å². The van der Waals surface area contributed by atoms with Gasteiger partial charge in [0.05, 0.1) is 5.41 Å². The van der Waals surface area contributed by atoms with E-state index < -0.39 is 17.2 Å². The zero-order chi connectivity index (χ0) is 11.7. The van der Waals surface area contributed by atoms with E-state index in [2.05, 4.69) is 0 Å². The van der Waals surface area contributed by atoms with Gasteiger partial charge in [0.15, 0.2) is 0 Å². The molecule has 0 radical (unpaired) electrons. The highest BCUT2D eigenvalue weighted by Crippen LogP contribution is 2.65. The first kappa shape index (κ1) is 9.80. The van der Waals surface area contributed by atoms with Crippen molar-refractivity contribution in [2.75, 3.05) is 0 Å². The second-order valence-electron chi connectivity index (χ2n) is 6.16. The summed E-state index contributed by atoms with van der Waals surface area (Å²) in [6.07, 6.45) is 7.67. The summed E-state index contributed by atoms with van der Waals surface area (Å²) in [5, 5.41) is 9.51. The molecule has 4 saturated carbocycles. The molecule has 1 N–H and O–H groups in total. The molecular weight excluding hydrogens is 220 g/mol. The molecule has 4 fully saturated rings. The van der Waals surface area contributed by atoms with Crippen molar-refractivity contribution in [1.82, 2.24) is 0 Å². The molecule has 0 aromatic carbocycles. The van der Waals surface area contributed by atoms with Gasteiger partial charge >= 0.3 is 5.97 Å². The third kappa shape index (κ3) is 1.02. The fraction of sp³-hybridized carbons (Fsp3) is 0.769. The lowest BCUT2D eigenvalue weighted by atomic mass is 9.47. The molecule has 5 rings (SSSR count). The van der Waals surface area contributed by atoms with Crippen molar-refractivity contribution in [2.24, 2.45) is 23.2 Å². The van der Waals surface area contributed by atoms with Crippen LogP contribution in [0.25, 0.3) is 0 Å². The zero-order valence-corrected chi connectivity index (χ0v) is 9.59. The van der Waals surface area contributed by atoms with Crippen LogP contribution >= 0.6 is 0 Å². The summed E-state index contributed by atoms with van der Waals surface area (Å²) >= 11 is 0. The maximum absolute atomic E-state index is 11.6. The van der Waals surface area contributed by atoms with Crippen molar-refractivity contribution in [1.29, 1.82) is 0 Å². The standard InChI is InChI=1S/C13H16O4/c14-11(15)12-5-8-3-9(6-12)13(10(4-8)7-12)16-1-2-17-13/h1-2,8-10H,3-7H2,(H,14,15). The van der Waals surface area contributed by atoms with E-state index in [-0.39, 0.29) is 11.8 Å². The molecule has 4 aliphatic carbocycles. The number of rotatable bonds is 1. The number of hydrogen-bond donors (Lipinski definition) is 1. The van der Waals surface area contributed by atoms with Crippen molar-refractivity contribution in [3.8, 4) is 0 Å². The average Bonchev–Trinajstić information content (AvgIpc) is 2.75. The van der Waals surface area contributed by atoms with Crippen LogP contribution in [-0.2, 0) is 14.3 Å². The first-order valence-electron chi connectivity index (χ1n) is 6.39. The van der Waals surface area contributed by atoms with Crippen LogP contribution in [0.1, 0.15) is 32.1 Å². The summed E-state index contributed by atoms with van der Waals surface area (Å²) in [6.45, 7) is 0. The summed E-state index contributed by atoms with van der Waals surface area (Å²) in [4.78, 5) is 11.6. The first-order chi connectivity index (χ1) is 8.15. The molecule has 4 bridgehead atoms. The Morgan fingerprint density at radius 1 is 1.12 bits per heavy atom. The Labute approximate surface area is 99.6 Å². The average molecular weight is 236 g/mol. The van der Waals surface area contributed by atoms with Crippen molar-refractivity contribution in [2.45, 2.75) is 37.9 Å². The van der Waals surface area contributed by atoms with E-state index in [1.165, 1.54) is 0 Å². The topological polar surface area (TPSA) is 55.8 Å². The molecule has 4 heteroatoms. The fourth-order valence-corrected chi connectivity index (χ4v) is 4.87. The lowest BCUT2D eigenvalue weighted by molar-refractivity contribution is -0.292. The minimum absolute atomic E-state index is 0.250. The smallest absolute Gasteiger partial charge is 0.309 e. The third-order valence-electron chi connectivity index (χ3n) is 5.34. The van der Waals surface area contributed by atoms with Gasteiger partial charge in [-0.2, -0.15) is 0 Å². The van der Waals surface area contributed by atoms with Crippen LogP contribution in [0.2, 0.25) is 0 Å². The quantitative estimate of drug-likeness (QED) is 0.757. The van der Waals surface area contributed by atoms with E-state index in [4.69, 9.17) is 9.47 Å². The Kier molecular flexibility index (Phi) is 1.61. The second kappa shape index (κ2) is 2.79. The normalized spacial score (nSPS) is 48.1. The summed E-state index contributed by atoms with van der Waals surface area (Å²) in [7, 11) is 0. The molecule has 0 amide bonds. The number of hydrogen-bond acceptors (Lipinski definition) is 3. The van der Waals surface area contributed by atoms with E-state index in [0.717, 1.165) is 32.1 Å². The molecule has 17 heavy (non-hydrogen) atoms. The molecule has 5 aliphatic rings. The summed E-state index contributed by atoms with van der Waals surface area (Å²) in [5.74, 6) is -0.0741. The third-order valence-corrected chi connectivity index (χ3v) is 5.34. The van der Waals surface area contributed by atoms with Gasteiger partial charge in [-0.25, -0.2) is 0 Å². The molecule has 1 spiro atoms. The largest absolute Gasteiger partial charge is 0.481 e. The molecule has 2 atom stereocenters. The Bertz CT molecular complexity index is 388. The minimum Gasteiger partial charge on any atom is -0.481 e. The number of carboxylic acid groups (broad SMARTS) is 1. The van der Waals surface area contributed by atoms with Crippen LogP contribution in [0.4, 0.5) is 0 Å². The van der Waals surface area contributed by atoms with Crippen LogP contribution in [0.15, 0.2) is 12.5 Å². The van der Waals surface area contributed by atoms with Gasteiger partial charge < -0.3 is 14.6 Å². The predicted molar refractivity (Wildman–Crippen MR) is 57.7 cm³/mol. The number of ether oxygens (including phenoxy) is 2. The Morgan fingerprint density at radius 2 is 1.71 bits per heavy atom. The van der Waals surface area contributed by atoms with Gasteiger partial charge in [0.25, 0.3) is 5.79 Å². The van der Waals surface area contributed by atoms with E-state index in [9.17, 15) is 9.90 Å². The Morgan fingerprint density at radius 3 is 2.24 bits per heavy atom. The summed E-state index contributed by atoms with van der Waals surface area (Å²) in [6, 6.07) is 0. The van der Waals surface area contributed by atoms with Gasteiger partial charge in [-0.3, -0.25) is 4.79 Å². The maximum atomic E-state index is 11.6. The molecule has 1 heterocycles. The maximum Gasteiger partial charge on any atom is 0.309 e. The minimum atomic E-state index is -0.613. The van der Waals surface area contributed by atoms with Gasteiger partial charge in [0.1, 0.15) is 12.5 Å². The molecule has 0 aromatic rings. The molecular formula is C13H16O4. The number of carbonyl (C=O) groups is 1. The number of carboxylic acids is 1. The highest BCUT2D eigenvalue weighted by molar-refractivity contribution is 5.75. The summed E-state index contributed by atoms with van der Waals surface area (Å²) < 4.78 is 11.5. The lowest BCUT2D eigenvalue weighted by Crippen LogP contribution is -2.63. The van der Waals surface area contributed by atoms with Crippen LogP contribution < -0.4 is 0 Å². The first-order valence-corrected chi connectivity index (χ1v) is 6.39. The molecule has 0 aromatic heterocycles. The Balaban J connectivity index is 1.74.